The number of ether oxygens (including phenoxy) is 4. The first kappa shape index (κ1) is 26.1. The SMILES string of the molecule is COc1cc(OC(F)(F)F)ccc1Oc1cc(OC)c(C)c(F)c1C(=O)Nc1ccnc(C(N)=O)c1. The maximum atomic E-state index is 15.3. The maximum absolute atomic E-state index is 15.3. The maximum Gasteiger partial charge on any atom is 0.573 e. The lowest BCUT2D eigenvalue weighted by molar-refractivity contribution is -0.274. The van der Waals surface area contributed by atoms with Crippen molar-refractivity contribution in [3.05, 3.63) is 65.2 Å². The van der Waals surface area contributed by atoms with Gasteiger partial charge in [0.05, 0.1) is 14.2 Å². The van der Waals surface area contributed by atoms with Crippen LogP contribution >= 0.6 is 0 Å². The van der Waals surface area contributed by atoms with Crippen molar-refractivity contribution in [2.45, 2.75) is 13.3 Å². The molecule has 0 spiro atoms. The number of amides is 2. The second-order valence-electron chi connectivity index (χ2n) is 7.10. The average molecular weight is 509 g/mol. The predicted octanol–water partition coefficient (Wildman–Crippen LogP) is 4.59. The summed E-state index contributed by atoms with van der Waals surface area (Å²) in [6.45, 7) is 1.37. The summed E-state index contributed by atoms with van der Waals surface area (Å²) in [6, 6.07) is 6.73. The van der Waals surface area contributed by atoms with Gasteiger partial charge in [0.25, 0.3) is 11.8 Å². The zero-order valence-electron chi connectivity index (χ0n) is 19.0. The second kappa shape index (κ2) is 10.4. The zero-order valence-corrected chi connectivity index (χ0v) is 19.0. The molecule has 0 atom stereocenters. The van der Waals surface area contributed by atoms with Crippen LogP contribution in [-0.4, -0.2) is 37.4 Å². The first-order chi connectivity index (χ1) is 16.9. The number of aromatic nitrogens is 1. The van der Waals surface area contributed by atoms with Crippen LogP contribution in [0.1, 0.15) is 26.4 Å². The van der Waals surface area contributed by atoms with E-state index in [1.807, 2.05) is 0 Å². The third-order valence-electron chi connectivity index (χ3n) is 4.73. The standard InChI is InChI=1S/C23H19F4N3O6/c1-11-16(33-2)10-18(35-15-5-4-13(9-17(15)34-3)36-23(25,26)27)19(20(11)24)22(32)30-12-6-7-29-14(8-12)21(28)31/h4-10H,1-3H3,(H2,28,31)(H,29,30,32). The lowest BCUT2D eigenvalue weighted by Gasteiger charge is -2.18. The molecule has 0 unspecified atom stereocenters. The Morgan fingerprint density at radius 2 is 1.67 bits per heavy atom. The van der Waals surface area contributed by atoms with Crippen molar-refractivity contribution in [1.82, 2.24) is 4.98 Å². The van der Waals surface area contributed by atoms with Crippen molar-refractivity contribution in [1.29, 1.82) is 0 Å². The Kier molecular flexibility index (Phi) is 7.51. The van der Waals surface area contributed by atoms with Crippen LogP contribution in [0.3, 0.4) is 0 Å². The number of pyridine rings is 1. The summed E-state index contributed by atoms with van der Waals surface area (Å²) in [6.07, 6.45) is -3.72. The minimum atomic E-state index is -4.94. The molecule has 0 saturated heterocycles. The van der Waals surface area contributed by atoms with Crippen LogP contribution in [0, 0.1) is 12.7 Å². The molecule has 9 nitrogen and oxygen atoms in total. The van der Waals surface area contributed by atoms with Crippen molar-refractivity contribution >= 4 is 17.5 Å². The summed E-state index contributed by atoms with van der Waals surface area (Å²) in [5.41, 5.74) is 4.58. The third kappa shape index (κ3) is 5.92. The highest BCUT2D eigenvalue weighted by molar-refractivity contribution is 6.07. The van der Waals surface area contributed by atoms with Crippen LogP contribution in [0.2, 0.25) is 0 Å². The van der Waals surface area contributed by atoms with E-state index in [4.69, 9.17) is 19.9 Å². The Morgan fingerprint density at radius 1 is 0.972 bits per heavy atom. The summed E-state index contributed by atoms with van der Waals surface area (Å²) in [5.74, 6) is -4.01. The van der Waals surface area contributed by atoms with Crippen molar-refractivity contribution < 1.29 is 46.1 Å². The van der Waals surface area contributed by atoms with E-state index in [0.29, 0.717) is 0 Å². The lowest BCUT2D eigenvalue weighted by atomic mass is 10.1. The molecule has 0 fully saturated rings. The molecule has 0 bridgehead atoms. The minimum Gasteiger partial charge on any atom is -0.496 e. The van der Waals surface area contributed by atoms with E-state index in [9.17, 15) is 22.8 Å². The van der Waals surface area contributed by atoms with Gasteiger partial charge in [-0.1, -0.05) is 0 Å². The number of benzene rings is 2. The van der Waals surface area contributed by atoms with Gasteiger partial charge in [0.15, 0.2) is 11.5 Å². The smallest absolute Gasteiger partial charge is 0.496 e. The van der Waals surface area contributed by atoms with Crippen molar-refractivity contribution in [2.75, 3.05) is 19.5 Å². The Balaban J connectivity index is 2.03. The Labute approximate surface area is 201 Å². The molecule has 3 aromatic rings. The Morgan fingerprint density at radius 3 is 2.28 bits per heavy atom. The third-order valence-corrected chi connectivity index (χ3v) is 4.73. The van der Waals surface area contributed by atoms with Crippen LogP contribution in [0.5, 0.6) is 28.7 Å². The van der Waals surface area contributed by atoms with E-state index >= 15 is 4.39 Å². The van der Waals surface area contributed by atoms with Crippen molar-refractivity contribution in [2.24, 2.45) is 5.73 Å². The number of alkyl halides is 3. The van der Waals surface area contributed by atoms with E-state index in [-0.39, 0.29) is 39.9 Å². The number of carbonyl (C=O) groups excluding carboxylic acids is 2. The number of anilines is 1. The van der Waals surface area contributed by atoms with Crippen LogP contribution < -0.4 is 30.0 Å². The molecule has 0 radical (unpaired) electrons. The molecule has 1 heterocycles. The molecular formula is C23H19F4N3O6. The summed E-state index contributed by atoms with van der Waals surface area (Å²) in [7, 11) is 2.45. The van der Waals surface area contributed by atoms with Gasteiger partial charge in [-0.2, -0.15) is 0 Å². The lowest BCUT2D eigenvalue weighted by Crippen LogP contribution is -2.18. The first-order valence-corrected chi connectivity index (χ1v) is 9.99. The molecule has 3 rings (SSSR count). The number of primary amides is 1. The van der Waals surface area contributed by atoms with Gasteiger partial charge in [0.1, 0.15) is 34.3 Å². The van der Waals surface area contributed by atoms with Gasteiger partial charge < -0.3 is 30.0 Å². The molecule has 2 aromatic carbocycles. The van der Waals surface area contributed by atoms with Gasteiger partial charge in [-0.05, 0) is 31.2 Å². The van der Waals surface area contributed by atoms with Crippen LogP contribution in [0.4, 0.5) is 23.2 Å². The molecule has 1 aromatic heterocycles. The van der Waals surface area contributed by atoms with E-state index < -0.39 is 35.3 Å². The number of methoxy groups -OCH3 is 2. The number of nitrogens with one attached hydrogen (secondary N) is 1. The molecule has 190 valence electrons. The summed E-state index contributed by atoms with van der Waals surface area (Å²) in [4.78, 5) is 28.2. The van der Waals surface area contributed by atoms with E-state index in [0.717, 1.165) is 18.2 Å². The largest absolute Gasteiger partial charge is 0.573 e. The number of rotatable bonds is 8. The van der Waals surface area contributed by atoms with Gasteiger partial charge in [-0.25, -0.2) is 4.39 Å². The topological polar surface area (TPSA) is 122 Å². The number of halogens is 4. The molecular weight excluding hydrogens is 490 g/mol. The zero-order chi connectivity index (χ0) is 26.6. The monoisotopic (exact) mass is 509 g/mol. The fraction of sp³-hybridized carbons (Fsp3) is 0.174. The Bertz CT molecular complexity index is 1310. The number of nitrogens with two attached hydrogens (primary N) is 1. The fourth-order valence-corrected chi connectivity index (χ4v) is 3.09. The minimum absolute atomic E-state index is 0.0107. The quantitative estimate of drug-likeness (QED) is 0.426. The van der Waals surface area contributed by atoms with E-state index in [1.54, 1.807) is 0 Å². The van der Waals surface area contributed by atoms with Crippen LogP contribution in [0.25, 0.3) is 0 Å². The number of nitrogens with zero attached hydrogens (tertiary/aromatic N) is 1. The van der Waals surface area contributed by atoms with Crippen molar-refractivity contribution in [3.63, 3.8) is 0 Å². The average Bonchev–Trinajstić information content (AvgIpc) is 2.81. The molecule has 2 amide bonds. The van der Waals surface area contributed by atoms with Gasteiger partial charge in [0, 0.05) is 29.6 Å². The molecule has 3 N–H and O–H groups in total. The molecule has 13 heteroatoms. The fourth-order valence-electron chi connectivity index (χ4n) is 3.09. The number of hydrogen-bond acceptors (Lipinski definition) is 7. The van der Waals surface area contributed by atoms with Crippen LogP contribution in [0.15, 0.2) is 42.6 Å². The Hall–Kier alpha value is -4.55. The summed E-state index contributed by atoms with van der Waals surface area (Å²) >= 11 is 0. The van der Waals surface area contributed by atoms with Gasteiger partial charge in [-0.3, -0.25) is 14.6 Å². The van der Waals surface area contributed by atoms with E-state index in [1.165, 1.54) is 45.5 Å². The number of carbonyl (C=O) groups is 2. The summed E-state index contributed by atoms with van der Waals surface area (Å²) in [5, 5.41) is 2.42. The molecule has 36 heavy (non-hydrogen) atoms. The second-order valence-corrected chi connectivity index (χ2v) is 7.10. The van der Waals surface area contributed by atoms with Crippen molar-refractivity contribution in [3.8, 4) is 28.7 Å². The number of hydrogen-bond donors (Lipinski definition) is 2. The van der Waals surface area contributed by atoms with Gasteiger partial charge in [0.2, 0.25) is 0 Å². The van der Waals surface area contributed by atoms with Crippen LogP contribution in [-0.2, 0) is 0 Å². The highest BCUT2D eigenvalue weighted by Crippen LogP contribution is 2.40. The predicted molar refractivity (Wildman–Crippen MR) is 118 cm³/mol. The van der Waals surface area contributed by atoms with Gasteiger partial charge in [-0.15, -0.1) is 13.2 Å². The van der Waals surface area contributed by atoms with E-state index in [2.05, 4.69) is 15.0 Å². The van der Waals surface area contributed by atoms with Gasteiger partial charge >= 0.3 is 6.36 Å². The molecule has 0 aliphatic carbocycles. The highest BCUT2D eigenvalue weighted by atomic mass is 19.4. The summed E-state index contributed by atoms with van der Waals surface area (Å²) < 4.78 is 72.7. The molecule has 0 aliphatic rings. The molecule has 0 aliphatic heterocycles. The normalized spacial score (nSPS) is 11.0. The first-order valence-electron chi connectivity index (χ1n) is 9.99. The highest BCUT2D eigenvalue weighted by Gasteiger charge is 2.32. The molecule has 0 saturated carbocycles.